The van der Waals surface area contributed by atoms with Gasteiger partial charge in [0.25, 0.3) is 5.56 Å². The first-order chi connectivity index (χ1) is 10.1. The van der Waals surface area contributed by atoms with Crippen LogP contribution in [-0.4, -0.2) is 22.3 Å². The van der Waals surface area contributed by atoms with Gasteiger partial charge in [-0.1, -0.05) is 0 Å². The summed E-state index contributed by atoms with van der Waals surface area (Å²) in [7, 11) is 0. The van der Waals surface area contributed by atoms with E-state index in [0.717, 1.165) is 28.8 Å². The van der Waals surface area contributed by atoms with Crippen molar-refractivity contribution in [1.82, 2.24) is 9.55 Å². The smallest absolute Gasteiger partial charge is 0.263 e. The summed E-state index contributed by atoms with van der Waals surface area (Å²) in [6, 6.07) is 0.0951. The SMILES string of the molecule is Cc1sc2[nH]c(=S)n(C3CCOC3C3CC3)c(=O)c2c1C. The Hall–Kier alpha value is -0.980. The lowest BCUT2D eigenvalue weighted by Crippen LogP contribution is -2.32. The van der Waals surface area contributed by atoms with Crippen LogP contribution < -0.4 is 5.56 Å². The Kier molecular flexibility index (Phi) is 3.10. The number of aryl methyl sites for hydroxylation is 2. The molecule has 1 saturated carbocycles. The maximum atomic E-state index is 13.0. The molecule has 2 fully saturated rings. The van der Waals surface area contributed by atoms with E-state index >= 15 is 0 Å². The van der Waals surface area contributed by atoms with Crippen LogP contribution in [0.5, 0.6) is 0 Å². The Morgan fingerprint density at radius 1 is 1.33 bits per heavy atom. The number of aromatic amines is 1. The van der Waals surface area contributed by atoms with Gasteiger partial charge in [-0.05, 0) is 56.8 Å². The molecule has 1 N–H and O–H groups in total. The van der Waals surface area contributed by atoms with Crippen molar-refractivity contribution in [2.75, 3.05) is 6.61 Å². The highest BCUT2D eigenvalue weighted by molar-refractivity contribution is 7.71. The minimum atomic E-state index is 0.0525. The number of ether oxygens (including phenoxy) is 1. The van der Waals surface area contributed by atoms with Gasteiger partial charge in [0.15, 0.2) is 4.77 Å². The van der Waals surface area contributed by atoms with E-state index in [-0.39, 0.29) is 17.7 Å². The van der Waals surface area contributed by atoms with Crippen LogP contribution in [0, 0.1) is 24.5 Å². The minimum absolute atomic E-state index is 0.0525. The highest BCUT2D eigenvalue weighted by Gasteiger charge is 2.42. The number of hydrogen-bond acceptors (Lipinski definition) is 4. The summed E-state index contributed by atoms with van der Waals surface area (Å²) >= 11 is 7.09. The van der Waals surface area contributed by atoms with Crippen molar-refractivity contribution in [3.05, 3.63) is 25.6 Å². The predicted molar refractivity (Wildman–Crippen MR) is 86.9 cm³/mol. The standard InChI is InChI=1S/C15H18N2O2S2/c1-7-8(2)21-13-11(7)14(18)17(15(20)16-13)10-5-6-19-12(10)9-3-4-9/h9-10,12H,3-6H2,1-2H3,(H,16,20). The first kappa shape index (κ1) is 13.7. The van der Waals surface area contributed by atoms with Gasteiger partial charge in [0.05, 0.1) is 17.5 Å². The van der Waals surface area contributed by atoms with Crippen molar-refractivity contribution in [3.63, 3.8) is 0 Å². The Morgan fingerprint density at radius 3 is 2.81 bits per heavy atom. The van der Waals surface area contributed by atoms with Crippen molar-refractivity contribution in [2.45, 2.75) is 45.3 Å². The number of fused-ring (bicyclic) bond motifs is 1. The Bertz CT molecular complexity index is 829. The van der Waals surface area contributed by atoms with Gasteiger partial charge in [0.1, 0.15) is 4.83 Å². The number of aromatic nitrogens is 2. The molecule has 112 valence electrons. The van der Waals surface area contributed by atoms with Gasteiger partial charge in [-0.25, -0.2) is 0 Å². The fourth-order valence-electron chi connectivity index (χ4n) is 3.40. The van der Waals surface area contributed by atoms with Gasteiger partial charge >= 0.3 is 0 Å². The summed E-state index contributed by atoms with van der Waals surface area (Å²) in [4.78, 5) is 18.3. The first-order valence-electron chi connectivity index (χ1n) is 7.44. The molecular formula is C15H18N2O2S2. The quantitative estimate of drug-likeness (QED) is 0.861. The van der Waals surface area contributed by atoms with Crippen LogP contribution in [0.3, 0.4) is 0 Å². The second-order valence-corrected chi connectivity index (χ2v) is 7.73. The molecule has 2 unspecified atom stereocenters. The molecule has 1 aliphatic carbocycles. The van der Waals surface area contributed by atoms with Crippen molar-refractivity contribution in [1.29, 1.82) is 0 Å². The molecule has 3 heterocycles. The van der Waals surface area contributed by atoms with Crippen LogP contribution in [0.2, 0.25) is 0 Å². The number of H-pyrrole nitrogens is 1. The second kappa shape index (κ2) is 4.76. The average molecular weight is 322 g/mol. The highest BCUT2D eigenvalue weighted by atomic mass is 32.1. The largest absolute Gasteiger partial charge is 0.376 e. The van der Waals surface area contributed by atoms with E-state index in [0.29, 0.717) is 10.7 Å². The number of nitrogens with one attached hydrogen (secondary N) is 1. The molecule has 1 aliphatic heterocycles. The zero-order valence-electron chi connectivity index (χ0n) is 12.1. The average Bonchev–Trinajstić information content (AvgIpc) is 3.10. The minimum Gasteiger partial charge on any atom is -0.376 e. The van der Waals surface area contributed by atoms with E-state index < -0.39 is 0 Å². The molecule has 0 amide bonds. The van der Waals surface area contributed by atoms with Crippen LogP contribution in [0.4, 0.5) is 0 Å². The van der Waals surface area contributed by atoms with E-state index in [9.17, 15) is 4.79 Å². The van der Waals surface area contributed by atoms with Crippen molar-refractivity contribution < 1.29 is 4.74 Å². The summed E-state index contributed by atoms with van der Waals surface area (Å²) in [5.74, 6) is 0.611. The molecule has 4 rings (SSSR count). The number of hydrogen-bond donors (Lipinski definition) is 1. The van der Waals surface area contributed by atoms with Gasteiger partial charge in [0, 0.05) is 11.5 Å². The number of rotatable bonds is 2. The van der Waals surface area contributed by atoms with E-state index in [1.165, 1.54) is 17.7 Å². The lowest BCUT2D eigenvalue weighted by Gasteiger charge is -2.20. The topological polar surface area (TPSA) is 47.0 Å². The van der Waals surface area contributed by atoms with Crippen LogP contribution in [0.1, 0.15) is 35.7 Å². The monoisotopic (exact) mass is 322 g/mol. The van der Waals surface area contributed by atoms with Crippen molar-refractivity contribution in [3.8, 4) is 0 Å². The molecule has 2 aromatic rings. The van der Waals surface area contributed by atoms with Gasteiger partial charge < -0.3 is 9.72 Å². The van der Waals surface area contributed by atoms with E-state index in [2.05, 4.69) is 4.98 Å². The summed E-state index contributed by atoms with van der Waals surface area (Å²) in [6.45, 7) is 4.79. The second-order valence-electron chi connectivity index (χ2n) is 6.12. The normalized spacial score (nSPS) is 25.8. The molecular weight excluding hydrogens is 304 g/mol. The molecule has 4 nitrogen and oxygen atoms in total. The van der Waals surface area contributed by atoms with E-state index in [1.54, 1.807) is 15.9 Å². The highest BCUT2D eigenvalue weighted by Crippen LogP contribution is 2.43. The van der Waals surface area contributed by atoms with Crippen LogP contribution in [-0.2, 0) is 4.74 Å². The molecule has 2 atom stereocenters. The fourth-order valence-corrected chi connectivity index (χ4v) is 4.83. The van der Waals surface area contributed by atoms with Gasteiger partial charge in [-0.15, -0.1) is 11.3 Å². The molecule has 0 aromatic carbocycles. The van der Waals surface area contributed by atoms with Crippen molar-refractivity contribution in [2.24, 2.45) is 5.92 Å². The Labute approximate surface area is 131 Å². The maximum Gasteiger partial charge on any atom is 0.263 e. The summed E-state index contributed by atoms with van der Waals surface area (Å²) in [5.41, 5.74) is 1.12. The summed E-state index contributed by atoms with van der Waals surface area (Å²) in [6.07, 6.45) is 3.47. The molecule has 1 saturated heterocycles. The molecule has 21 heavy (non-hydrogen) atoms. The maximum absolute atomic E-state index is 13.0. The third-order valence-electron chi connectivity index (χ3n) is 4.78. The lowest BCUT2D eigenvalue weighted by molar-refractivity contribution is 0.0740. The predicted octanol–water partition coefficient (Wildman–Crippen LogP) is 3.48. The van der Waals surface area contributed by atoms with Crippen LogP contribution >= 0.6 is 23.6 Å². The summed E-state index contributed by atoms with van der Waals surface area (Å²) < 4.78 is 8.21. The van der Waals surface area contributed by atoms with Gasteiger partial charge in [0.2, 0.25) is 0 Å². The number of nitrogens with zero attached hydrogens (tertiary/aromatic N) is 1. The zero-order valence-corrected chi connectivity index (χ0v) is 13.8. The molecule has 0 radical (unpaired) electrons. The number of thiophene rings is 1. The molecule has 2 aromatic heterocycles. The van der Waals surface area contributed by atoms with Gasteiger partial charge in [-0.2, -0.15) is 0 Å². The first-order valence-corrected chi connectivity index (χ1v) is 8.66. The van der Waals surface area contributed by atoms with E-state index in [4.69, 9.17) is 17.0 Å². The Morgan fingerprint density at radius 2 is 2.10 bits per heavy atom. The third kappa shape index (κ3) is 2.04. The summed E-state index contributed by atoms with van der Waals surface area (Å²) in [5, 5.41) is 0.799. The van der Waals surface area contributed by atoms with Gasteiger partial charge in [-0.3, -0.25) is 9.36 Å². The molecule has 0 spiro atoms. The Balaban J connectivity index is 1.94. The van der Waals surface area contributed by atoms with E-state index in [1.807, 2.05) is 13.8 Å². The molecule has 0 bridgehead atoms. The molecule has 2 aliphatic rings. The fraction of sp³-hybridized carbons (Fsp3) is 0.600. The lowest BCUT2D eigenvalue weighted by atomic mass is 10.1. The molecule has 6 heteroatoms. The zero-order chi connectivity index (χ0) is 14.7. The van der Waals surface area contributed by atoms with Crippen LogP contribution in [0.15, 0.2) is 4.79 Å². The van der Waals surface area contributed by atoms with Crippen LogP contribution in [0.25, 0.3) is 10.2 Å². The third-order valence-corrected chi connectivity index (χ3v) is 6.20. The van der Waals surface area contributed by atoms with Crippen molar-refractivity contribution >= 4 is 33.8 Å².